The van der Waals surface area contributed by atoms with Gasteiger partial charge < -0.3 is 10.2 Å². The first-order valence-corrected chi connectivity index (χ1v) is 12.8. The molecule has 0 aliphatic rings. The van der Waals surface area contributed by atoms with Crippen LogP contribution in [0.5, 0.6) is 11.5 Å². The lowest BCUT2D eigenvalue weighted by molar-refractivity contribution is 0.474. The molecule has 38 heavy (non-hydrogen) atoms. The molecule has 6 aromatic rings. The molecule has 0 amide bonds. The second-order valence-corrected chi connectivity index (χ2v) is 9.81. The molecular formula is C32H21FN2O2S. The summed E-state index contributed by atoms with van der Waals surface area (Å²) >= 11 is 1.49. The van der Waals surface area contributed by atoms with Gasteiger partial charge in [0.25, 0.3) is 0 Å². The van der Waals surface area contributed by atoms with Crippen LogP contribution in [0.3, 0.4) is 0 Å². The number of rotatable bonds is 5. The second kappa shape index (κ2) is 9.92. The highest BCUT2D eigenvalue weighted by atomic mass is 32.1. The maximum Gasteiger partial charge on any atom is 0.126 e. The van der Waals surface area contributed by atoms with Crippen molar-refractivity contribution >= 4 is 33.5 Å². The number of para-hydroxylation sites is 1. The average Bonchev–Trinajstić information content (AvgIpc) is 3.37. The predicted octanol–water partition coefficient (Wildman–Crippen LogP) is 8.60. The van der Waals surface area contributed by atoms with Gasteiger partial charge in [0.2, 0.25) is 0 Å². The fourth-order valence-electron chi connectivity index (χ4n) is 4.35. The summed E-state index contributed by atoms with van der Waals surface area (Å²) in [6.45, 7) is 0. The normalized spacial score (nSPS) is 11.4. The number of hydrogen-bond donors (Lipinski definition) is 2. The maximum atomic E-state index is 13.4. The molecule has 6 heteroatoms. The van der Waals surface area contributed by atoms with Crippen LogP contribution >= 0.6 is 11.3 Å². The highest BCUT2D eigenvalue weighted by molar-refractivity contribution is 7.21. The van der Waals surface area contributed by atoms with E-state index in [0.29, 0.717) is 11.3 Å². The van der Waals surface area contributed by atoms with Crippen molar-refractivity contribution in [1.82, 2.24) is 4.98 Å². The summed E-state index contributed by atoms with van der Waals surface area (Å²) in [6, 6.07) is 32.5. The summed E-state index contributed by atoms with van der Waals surface area (Å²) in [7, 11) is 0. The molecule has 0 bridgehead atoms. The Labute approximate surface area is 222 Å². The monoisotopic (exact) mass is 516 g/mol. The van der Waals surface area contributed by atoms with Gasteiger partial charge in [-0.05, 0) is 65.2 Å². The van der Waals surface area contributed by atoms with Crippen LogP contribution in [0.15, 0.2) is 114 Å². The number of phenolic OH excluding ortho intramolecular Hbond substituents is 2. The summed E-state index contributed by atoms with van der Waals surface area (Å²) in [4.78, 5) is 9.65. The molecule has 0 saturated heterocycles. The average molecular weight is 517 g/mol. The van der Waals surface area contributed by atoms with Gasteiger partial charge in [0.05, 0.1) is 15.9 Å². The lowest BCUT2D eigenvalue weighted by Gasteiger charge is -2.06. The first-order valence-electron chi connectivity index (χ1n) is 12.0. The van der Waals surface area contributed by atoms with Crippen LogP contribution in [-0.4, -0.2) is 21.4 Å². The lowest BCUT2D eigenvalue weighted by atomic mass is 10.0. The number of hydrogen-bond acceptors (Lipinski definition) is 5. The molecule has 4 nitrogen and oxygen atoms in total. The molecule has 1 heterocycles. The van der Waals surface area contributed by atoms with E-state index in [4.69, 9.17) is 9.98 Å². The van der Waals surface area contributed by atoms with E-state index in [1.807, 2.05) is 60.7 Å². The molecule has 1 aromatic heterocycles. The van der Waals surface area contributed by atoms with Gasteiger partial charge in [-0.1, -0.05) is 60.7 Å². The highest BCUT2D eigenvalue weighted by Gasteiger charge is 2.15. The van der Waals surface area contributed by atoms with Crippen LogP contribution < -0.4 is 0 Å². The van der Waals surface area contributed by atoms with Gasteiger partial charge in [0, 0.05) is 22.9 Å². The van der Waals surface area contributed by atoms with Crippen LogP contribution in [0.4, 0.5) is 10.1 Å². The Morgan fingerprint density at radius 2 is 1.45 bits per heavy atom. The Kier molecular flexibility index (Phi) is 6.15. The zero-order chi connectivity index (χ0) is 26.1. The van der Waals surface area contributed by atoms with Crippen LogP contribution in [0.2, 0.25) is 0 Å². The number of nitrogens with zero attached hydrogens (tertiary/aromatic N) is 2. The SMILES string of the molecule is Oc1cc(-c2ccccc2)c2nc(-c3ccccc3/N=C/c3cc(-c4ccc(F)cc4)ccc3O)sc2c1. The Hall–Kier alpha value is -4.81. The van der Waals surface area contributed by atoms with Gasteiger partial charge in [-0.3, -0.25) is 4.99 Å². The Balaban J connectivity index is 1.39. The molecule has 0 fully saturated rings. The number of thiazole rings is 1. The quantitative estimate of drug-likeness (QED) is 0.226. The van der Waals surface area contributed by atoms with Crippen molar-refractivity contribution in [3.8, 4) is 44.3 Å². The van der Waals surface area contributed by atoms with E-state index in [1.54, 1.807) is 42.6 Å². The Morgan fingerprint density at radius 1 is 0.711 bits per heavy atom. The minimum Gasteiger partial charge on any atom is -0.508 e. The number of halogens is 1. The van der Waals surface area contributed by atoms with E-state index in [-0.39, 0.29) is 17.3 Å². The number of aromatic nitrogens is 1. The van der Waals surface area contributed by atoms with Crippen molar-refractivity contribution in [3.63, 3.8) is 0 Å². The summed E-state index contributed by atoms with van der Waals surface area (Å²) in [6.07, 6.45) is 1.62. The van der Waals surface area contributed by atoms with Crippen LogP contribution in [-0.2, 0) is 0 Å². The van der Waals surface area contributed by atoms with E-state index in [1.165, 1.54) is 23.5 Å². The number of aliphatic imine (C=N–C) groups is 1. The number of aromatic hydroxyl groups is 2. The van der Waals surface area contributed by atoms with Crippen molar-refractivity contribution < 1.29 is 14.6 Å². The molecule has 6 rings (SSSR count). The first-order chi connectivity index (χ1) is 18.5. The number of fused-ring (bicyclic) bond motifs is 1. The van der Waals surface area contributed by atoms with Gasteiger partial charge in [-0.15, -0.1) is 11.3 Å². The third-order valence-corrected chi connectivity index (χ3v) is 7.28. The molecule has 2 N–H and O–H groups in total. The molecule has 0 aliphatic heterocycles. The standard InChI is InChI=1S/C32H21FN2O2S/c33-24-13-10-20(11-14-24)22-12-15-29(37)23(16-22)19-34-28-9-5-4-8-26(28)32-35-31-27(21-6-2-1-3-7-21)17-25(36)18-30(31)38-32/h1-19,36-37H/b34-19+. The van der Waals surface area contributed by atoms with Crippen LogP contribution in [0, 0.1) is 5.82 Å². The van der Waals surface area contributed by atoms with Crippen molar-refractivity contribution in [1.29, 1.82) is 0 Å². The van der Waals surface area contributed by atoms with Gasteiger partial charge in [-0.2, -0.15) is 0 Å². The van der Waals surface area contributed by atoms with Gasteiger partial charge in [-0.25, -0.2) is 9.37 Å². The van der Waals surface area contributed by atoms with Crippen molar-refractivity contribution in [2.45, 2.75) is 0 Å². The van der Waals surface area contributed by atoms with Gasteiger partial charge >= 0.3 is 0 Å². The molecule has 0 saturated carbocycles. The highest BCUT2D eigenvalue weighted by Crippen LogP contribution is 2.41. The smallest absolute Gasteiger partial charge is 0.126 e. The van der Waals surface area contributed by atoms with E-state index in [2.05, 4.69) is 0 Å². The van der Waals surface area contributed by atoms with Crippen molar-refractivity contribution in [3.05, 3.63) is 121 Å². The van der Waals surface area contributed by atoms with Crippen molar-refractivity contribution in [2.24, 2.45) is 4.99 Å². The third-order valence-electron chi connectivity index (χ3n) is 6.25. The largest absolute Gasteiger partial charge is 0.508 e. The number of benzene rings is 5. The van der Waals surface area contributed by atoms with Gasteiger partial charge in [0.1, 0.15) is 22.3 Å². The topological polar surface area (TPSA) is 65.7 Å². The Morgan fingerprint density at radius 3 is 2.26 bits per heavy atom. The summed E-state index contributed by atoms with van der Waals surface area (Å²) in [5.74, 6) is -0.0127. The zero-order valence-electron chi connectivity index (χ0n) is 20.0. The van der Waals surface area contributed by atoms with Crippen LogP contribution in [0.25, 0.3) is 43.0 Å². The van der Waals surface area contributed by atoms with Crippen LogP contribution in [0.1, 0.15) is 5.56 Å². The second-order valence-electron chi connectivity index (χ2n) is 8.78. The molecule has 0 radical (unpaired) electrons. The Bertz CT molecular complexity index is 1790. The van der Waals surface area contributed by atoms with Gasteiger partial charge in [0.15, 0.2) is 0 Å². The first kappa shape index (κ1) is 23.6. The molecule has 0 unspecified atom stereocenters. The van der Waals surface area contributed by atoms with E-state index in [0.717, 1.165) is 43.0 Å². The summed E-state index contributed by atoms with van der Waals surface area (Å²) < 4.78 is 14.2. The lowest BCUT2D eigenvalue weighted by Crippen LogP contribution is -1.86. The fourth-order valence-corrected chi connectivity index (χ4v) is 5.41. The fraction of sp³-hybridized carbons (Fsp3) is 0. The zero-order valence-corrected chi connectivity index (χ0v) is 20.9. The molecule has 0 spiro atoms. The van der Waals surface area contributed by atoms with E-state index in [9.17, 15) is 14.6 Å². The van der Waals surface area contributed by atoms with Crippen molar-refractivity contribution in [2.75, 3.05) is 0 Å². The predicted molar refractivity (Wildman–Crippen MR) is 153 cm³/mol. The number of phenols is 2. The minimum absolute atomic E-state index is 0.0973. The summed E-state index contributed by atoms with van der Waals surface area (Å²) in [5.41, 5.74) is 6.44. The summed E-state index contributed by atoms with van der Waals surface area (Å²) in [5, 5.41) is 21.6. The molecule has 0 atom stereocenters. The van der Waals surface area contributed by atoms with E-state index >= 15 is 0 Å². The molecule has 0 aliphatic carbocycles. The van der Waals surface area contributed by atoms with E-state index < -0.39 is 0 Å². The molecule has 184 valence electrons. The molecule has 5 aromatic carbocycles. The minimum atomic E-state index is -0.299. The maximum absolute atomic E-state index is 13.4. The molecular weight excluding hydrogens is 495 g/mol. The third kappa shape index (κ3) is 4.65.